The number of carboxylic acid groups (broad SMARTS) is 1. The van der Waals surface area contributed by atoms with Crippen molar-refractivity contribution in [3.8, 4) is 0 Å². The minimum Gasteiger partial charge on any atom is -0.481 e. The van der Waals surface area contributed by atoms with Crippen LogP contribution in [0.5, 0.6) is 0 Å². The first-order chi connectivity index (χ1) is 9.64. The van der Waals surface area contributed by atoms with Crippen molar-refractivity contribution in [3.63, 3.8) is 0 Å². The highest BCUT2D eigenvalue weighted by Gasteiger charge is 2.36. The first-order valence-corrected chi connectivity index (χ1v) is 9.17. The zero-order valence-corrected chi connectivity index (χ0v) is 13.1. The van der Waals surface area contributed by atoms with Crippen LogP contribution in [0.3, 0.4) is 0 Å². The number of carbonyl (C=O) groups excluding carboxylic acids is 1. The Bertz CT molecular complexity index is 483. The molecule has 21 heavy (non-hydrogen) atoms. The monoisotopic (exact) mass is 320 g/mol. The third-order valence-electron chi connectivity index (χ3n) is 3.83. The Kier molecular flexibility index (Phi) is 6.15. The van der Waals surface area contributed by atoms with Crippen LogP contribution >= 0.6 is 0 Å². The molecule has 0 spiro atoms. The van der Waals surface area contributed by atoms with Crippen molar-refractivity contribution in [2.45, 2.75) is 56.5 Å². The molecule has 1 aliphatic carbocycles. The maximum atomic E-state index is 12.1. The van der Waals surface area contributed by atoms with Gasteiger partial charge < -0.3 is 16.2 Å². The van der Waals surface area contributed by atoms with Crippen LogP contribution in [0.15, 0.2) is 0 Å². The molecule has 0 saturated heterocycles. The molecule has 122 valence electrons. The smallest absolute Gasteiger partial charge is 0.305 e. The van der Waals surface area contributed by atoms with E-state index in [0.717, 1.165) is 25.5 Å². The van der Waals surface area contributed by atoms with E-state index in [0.29, 0.717) is 12.8 Å². The number of amides is 1. The van der Waals surface area contributed by atoms with Crippen LogP contribution in [0, 0.1) is 0 Å². The van der Waals surface area contributed by atoms with E-state index in [1.165, 1.54) is 0 Å². The van der Waals surface area contributed by atoms with Gasteiger partial charge in [-0.25, -0.2) is 8.42 Å². The fourth-order valence-corrected chi connectivity index (χ4v) is 3.37. The van der Waals surface area contributed by atoms with Gasteiger partial charge in [-0.2, -0.15) is 0 Å². The van der Waals surface area contributed by atoms with E-state index >= 15 is 0 Å². The lowest BCUT2D eigenvalue weighted by atomic mass is 9.79. The predicted octanol–water partition coefficient (Wildman–Crippen LogP) is 0.0422. The van der Waals surface area contributed by atoms with E-state index in [2.05, 4.69) is 5.32 Å². The molecule has 1 fully saturated rings. The van der Waals surface area contributed by atoms with E-state index < -0.39 is 33.3 Å². The van der Waals surface area contributed by atoms with Gasteiger partial charge in [-0.1, -0.05) is 19.3 Å². The highest BCUT2D eigenvalue weighted by atomic mass is 32.2. The fourth-order valence-electron chi connectivity index (χ4n) is 2.69. The summed E-state index contributed by atoms with van der Waals surface area (Å²) in [4.78, 5) is 23.1. The first kappa shape index (κ1) is 17.9. The molecule has 0 aliphatic heterocycles. The van der Waals surface area contributed by atoms with Gasteiger partial charge in [-0.3, -0.25) is 9.59 Å². The summed E-state index contributed by atoms with van der Waals surface area (Å²) in [6.07, 6.45) is 4.99. The van der Waals surface area contributed by atoms with E-state index in [4.69, 9.17) is 10.8 Å². The lowest BCUT2D eigenvalue weighted by molar-refractivity contribution is -0.139. The lowest BCUT2D eigenvalue weighted by Gasteiger charge is -2.37. The third-order valence-corrected chi connectivity index (χ3v) is 4.80. The first-order valence-electron chi connectivity index (χ1n) is 7.11. The van der Waals surface area contributed by atoms with Crippen LogP contribution in [0.25, 0.3) is 0 Å². The zero-order chi connectivity index (χ0) is 16.1. The van der Waals surface area contributed by atoms with Crippen molar-refractivity contribution in [2.24, 2.45) is 5.73 Å². The van der Waals surface area contributed by atoms with Crippen LogP contribution < -0.4 is 11.1 Å². The zero-order valence-electron chi connectivity index (χ0n) is 12.3. The minimum absolute atomic E-state index is 0.0355. The molecule has 0 aromatic carbocycles. The van der Waals surface area contributed by atoms with E-state index in [9.17, 15) is 18.0 Å². The van der Waals surface area contributed by atoms with Crippen molar-refractivity contribution < 1.29 is 23.1 Å². The van der Waals surface area contributed by atoms with Gasteiger partial charge in [-0.05, 0) is 19.3 Å². The summed E-state index contributed by atoms with van der Waals surface area (Å²) in [6, 6.07) is -0.938. The molecule has 1 rings (SSSR count). The molecule has 1 saturated carbocycles. The van der Waals surface area contributed by atoms with Crippen LogP contribution in [-0.2, 0) is 19.4 Å². The van der Waals surface area contributed by atoms with Gasteiger partial charge in [0.2, 0.25) is 5.91 Å². The Hall–Kier alpha value is -1.15. The van der Waals surface area contributed by atoms with Crippen LogP contribution in [0.4, 0.5) is 0 Å². The topological polar surface area (TPSA) is 127 Å². The number of nitrogens with one attached hydrogen (secondary N) is 1. The largest absolute Gasteiger partial charge is 0.481 e. The Labute approximate surface area is 125 Å². The number of hydrogen-bond donors (Lipinski definition) is 3. The fraction of sp³-hybridized carbons (Fsp3) is 0.846. The molecule has 0 aromatic heterocycles. The number of aliphatic carboxylic acids is 1. The highest BCUT2D eigenvalue weighted by molar-refractivity contribution is 7.90. The molecular weight excluding hydrogens is 296 g/mol. The van der Waals surface area contributed by atoms with E-state index in [1.807, 2.05) is 0 Å². The molecule has 1 atom stereocenters. The van der Waals surface area contributed by atoms with Crippen molar-refractivity contribution in [1.29, 1.82) is 0 Å². The number of nitrogens with two attached hydrogens (primary N) is 1. The average molecular weight is 320 g/mol. The Morgan fingerprint density at radius 3 is 2.33 bits per heavy atom. The third kappa shape index (κ3) is 6.43. The quantitative estimate of drug-likeness (QED) is 0.608. The summed E-state index contributed by atoms with van der Waals surface area (Å²) in [5.41, 5.74) is 4.96. The number of rotatable bonds is 7. The normalized spacial score (nSPS) is 19.7. The maximum absolute atomic E-state index is 12.1. The Morgan fingerprint density at radius 2 is 1.86 bits per heavy atom. The van der Waals surface area contributed by atoms with Crippen molar-refractivity contribution in [3.05, 3.63) is 0 Å². The molecule has 1 unspecified atom stereocenters. The van der Waals surface area contributed by atoms with Crippen molar-refractivity contribution in [1.82, 2.24) is 5.32 Å². The van der Waals surface area contributed by atoms with Crippen LogP contribution in [-0.4, -0.2) is 49.0 Å². The highest BCUT2D eigenvalue weighted by Crippen LogP contribution is 2.31. The molecule has 1 amide bonds. The summed E-state index contributed by atoms with van der Waals surface area (Å²) in [5, 5.41) is 11.8. The molecule has 4 N–H and O–H groups in total. The summed E-state index contributed by atoms with van der Waals surface area (Å²) < 4.78 is 22.2. The number of carbonyl (C=O) groups is 2. The van der Waals surface area contributed by atoms with Gasteiger partial charge in [0.05, 0.1) is 23.8 Å². The van der Waals surface area contributed by atoms with Gasteiger partial charge in [0, 0.05) is 6.26 Å². The van der Waals surface area contributed by atoms with Gasteiger partial charge >= 0.3 is 5.97 Å². The molecule has 8 heteroatoms. The van der Waals surface area contributed by atoms with Crippen molar-refractivity contribution >= 4 is 21.7 Å². The molecule has 7 nitrogen and oxygen atoms in total. The molecule has 1 aliphatic rings. The van der Waals surface area contributed by atoms with Crippen LogP contribution in [0.2, 0.25) is 0 Å². The summed E-state index contributed by atoms with van der Waals surface area (Å²) in [7, 11) is -3.17. The second-order valence-corrected chi connectivity index (χ2v) is 8.19. The van der Waals surface area contributed by atoms with Crippen molar-refractivity contribution in [2.75, 3.05) is 12.0 Å². The van der Waals surface area contributed by atoms with E-state index in [1.54, 1.807) is 0 Å². The van der Waals surface area contributed by atoms with Gasteiger partial charge in [0.25, 0.3) is 0 Å². The van der Waals surface area contributed by atoms with Gasteiger partial charge in [-0.15, -0.1) is 0 Å². The number of sulfone groups is 1. The second-order valence-electron chi connectivity index (χ2n) is 5.93. The average Bonchev–Trinajstić information content (AvgIpc) is 2.34. The lowest BCUT2D eigenvalue weighted by Crippen LogP contribution is -2.55. The number of carboxylic acids is 1. The Balaban J connectivity index is 2.65. The predicted molar refractivity (Wildman–Crippen MR) is 78.5 cm³/mol. The minimum atomic E-state index is -3.17. The van der Waals surface area contributed by atoms with Gasteiger partial charge in [0.1, 0.15) is 9.84 Å². The number of hydrogen-bond acceptors (Lipinski definition) is 5. The van der Waals surface area contributed by atoms with E-state index in [-0.39, 0.29) is 18.6 Å². The molecular formula is C13H24N2O5S. The molecule has 0 heterocycles. The van der Waals surface area contributed by atoms with Gasteiger partial charge in [0.15, 0.2) is 0 Å². The van der Waals surface area contributed by atoms with Crippen LogP contribution in [0.1, 0.15) is 44.9 Å². The molecule has 0 radical (unpaired) electrons. The molecule has 0 aromatic rings. The second kappa shape index (κ2) is 7.22. The summed E-state index contributed by atoms with van der Waals surface area (Å²) in [6.45, 7) is 0. The Morgan fingerprint density at radius 1 is 1.29 bits per heavy atom. The standard InChI is InChI=1S/C13H24N2O5S/c1-21(19,20)8-5-10(14)12(18)15-13(9-11(16)17)6-3-2-4-7-13/h10H,2-9,14H2,1H3,(H,15,18)(H,16,17). The summed E-state index contributed by atoms with van der Waals surface area (Å²) in [5.74, 6) is -1.59. The SMILES string of the molecule is CS(=O)(=O)CCC(N)C(=O)NC1(CC(=O)O)CCCCC1. The maximum Gasteiger partial charge on any atom is 0.305 e. The summed E-state index contributed by atoms with van der Waals surface area (Å²) >= 11 is 0. The molecule has 0 bridgehead atoms.